The number of aliphatic hydroxyl groups is 1. The van der Waals surface area contributed by atoms with Gasteiger partial charge in [0.25, 0.3) is 0 Å². The number of esters is 1. The van der Waals surface area contributed by atoms with Crippen molar-refractivity contribution in [3.63, 3.8) is 0 Å². The summed E-state index contributed by atoms with van der Waals surface area (Å²) < 4.78 is 22.8. The Morgan fingerprint density at radius 1 is 0.771 bits per heavy atom. The molecule has 0 bridgehead atoms. The summed E-state index contributed by atoms with van der Waals surface area (Å²) in [7, 11) is 1.31. The van der Waals surface area contributed by atoms with Crippen molar-refractivity contribution in [3.05, 3.63) is 120 Å². The molecular weight excluding hydrogens is 444 g/mol. The lowest BCUT2D eigenvalue weighted by Crippen LogP contribution is -2.42. The van der Waals surface area contributed by atoms with E-state index in [1.54, 1.807) is 6.08 Å². The number of ether oxygens (including phenoxy) is 4. The topological polar surface area (TPSA) is 74.2 Å². The molecule has 6 nitrogen and oxygen atoms in total. The molecule has 0 aliphatic rings. The first-order chi connectivity index (χ1) is 17.2. The maximum Gasteiger partial charge on any atom is 0.330 e. The molecule has 0 radical (unpaired) electrons. The molecule has 0 aromatic heterocycles. The molecule has 0 aliphatic carbocycles. The van der Waals surface area contributed by atoms with E-state index in [0.29, 0.717) is 6.61 Å². The Morgan fingerprint density at radius 3 is 1.77 bits per heavy atom. The highest BCUT2D eigenvalue weighted by Gasteiger charge is 2.29. The van der Waals surface area contributed by atoms with Crippen molar-refractivity contribution in [1.82, 2.24) is 0 Å². The maximum atomic E-state index is 11.8. The highest BCUT2D eigenvalue weighted by molar-refractivity contribution is 5.81. The summed E-state index contributed by atoms with van der Waals surface area (Å²) in [5.74, 6) is -0.519. The standard InChI is InChI=1S/C29H32O6/c1-32-28(31)18-17-27(34-20-24-13-7-3-8-14-24)29(35-21-25-15-9-4-10-16-25)26(30)22-33-19-23-11-5-2-6-12-23/h2-18,26-27,29-30H,19-22H2,1H3/b18-17+/t26-,27+,29-/m1/s1. The van der Waals surface area contributed by atoms with Crippen molar-refractivity contribution in [2.45, 2.75) is 38.1 Å². The van der Waals surface area contributed by atoms with Crippen LogP contribution in [-0.4, -0.2) is 43.1 Å². The van der Waals surface area contributed by atoms with Gasteiger partial charge in [0.1, 0.15) is 18.3 Å². The van der Waals surface area contributed by atoms with Crippen LogP contribution in [0.1, 0.15) is 16.7 Å². The summed E-state index contributed by atoms with van der Waals surface area (Å²) in [5, 5.41) is 11.1. The Kier molecular flexibility index (Phi) is 11.2. The number of hydrogen-bond donors (Lipinski definition) is 1. The lowest BCUT2D eigenvalue weighted by molar-refractivity contribution is -0.137. The van der Waals surface area contributed by atoms with Gasteiger partial charge in [0.2, 0.25) is 0 Å². The van der Waals surface area contributed by atoms with Gasteiger partial charge in [0.15, 0.2) is 0 Å². The van der Waals surface area contributed by atoms with Gasteiger partial charge in [0, 0.05) is 6.08 Å². The number of carbonyl (C=O) groups is 1. The minimum Gasteiger partial charge on any atom is -0.466 e. The molecule has 0 saturated carbocycles. The fraction of sp³-hybridized carbons (Fsp3) is 0.276. The van der Waals surface area contributed by atoms with E-state index < -0.39 is 24.3 Å². The third-order valence-electron chi connectivity index (χ3n) is 5.30. The Bertz CT molecular complexity index is 1010. The highest BCUT2D eigenvalue weighted by atomic mass is 16.6. The third-order valence-corrected chi connectivity index (χ3v) is 5.30. The van der Waals surface area contributed by atoms with Gasteiger partial charge >= 0.3 is 5.97 Å². The van der Waals surface area contributed by atoms with Crippen molar-refractivity contribution in [2.24, 2.45) is 0 Å². The molecule has 1 N–H and O–H groups in total. The van der Waals surface area contributed by atoms with Gasteiger partial charge in [-0.25, -0.2) is 4.79 Å². The Hall–Kier alpha value is -3.29. The second kappa shape index (κ2) is 14.9. The van der Waals surface area contributed by atoms with Gasteiger partial charge in [-0.3, -0.25) is 0 Å². The van der Waals surface area contributed by atoms with Crippen LogP contribution in [0.15, 0.2) is 103 Å². The molecule has 3 aromatic rings. The van der Waals surface area contributed by atoms with E-state index in [2.05, 4.69) is 0 Å². The number of methoxy groups -OCH3 is 1. The largest absolute Gasteiger partial charge is 0.466 e. The quantitative estimate of drug-likeness (QED) is 0.274. The molecule has 3 aromatic carbocycles. The summed E-state index contributed by atoms with van der Waals surface area (Å²) in [6.45, 7) is 0.931. The summed E-state index contributed by atoms with van der Waals surface area (Å²) in [6.07, 6.45) is 0.311. The molecule has 0 heterocycles. The lowest BCUT2D eigenvalue weighted by atomic mass is 10.1. The van der Waals surface area contributed by atoms with E-state index in [4.69, 9.17) is 18.9 Å². The predicted octanol–water partition coefficient (Wildman–Crippen LogP) is 4.46. The SMILES string of the molecule is COC(=O)/C=C/[C@H](OCc1ccccc1)[C@H](OCc1ccccc1)[C@H](O)COCc1ccccc1. The number of aliphatic hydroxyl groups excluding tert-OH is 1. The normalized spacial score (nSPS) is 13.9. The third kappa shape index (κ3) is 9.47. The molecule has 3 atom stereocenters. The summed E-state index contributed by atoms with van der Waals surface area (Å²) in [5.41, 5.74) is 2.91. The minimum atomic E-state index is -1.01. The number of hydrogen-bond acceptors (Lipinski definition) is 6. The predicted molar refractivity (Wildman–Crippen MR) is 133 cm³/mol. The van der Waals surface area contributed by atoms with Crippen molar-refractivity contribution < 1.29 is 28.8 Å². The van der Waals surface area contributed by atoms with Crippen LogP contribution in [0.3, 0.4) is 0 Å². The van der Waals surface area contributed by atoms with E-state index in [9.17, 15) is 9.90 Å². The fourth-order valence-corrected chi connectivity index (χ4v) is 3.43. The molecule has 0 saturated heterocycles. The average molecular weight is 477 g/mol. The van der Waals surface area contributed by atoms with E-state index in [1.165, 1.54) is 13.2 Å². The highest BCUT2D eigenvalue weighted by Crippen LogP contribution is 2.17. The van der Waals surface area contributed by atoms with E-state index >= 15 is 0 Å². The van der Waals surface area contributed by atoms with Gasteiger partial charge in [-0.2, -0.15) is 0 Å². The molecule has 184 valence electrons. The molecule has 0 unspecified atom stereocenters. The first-order valence-corrected chi connectivity index (χ1v) is 11.5. The minimum absolute atomic E-state index is 0.0333. The van der Waals surface area contributed by atoms with Gasteiger partial charge in [0.05, 0.1) is 33.5 Å². The monoisotopic (exact) mass is 476 g/mol. The second-order valence-corrected chi connectivity index (χ2v) is 7.97. The molecule has 35 heavy (non-hydrogen) atoms. The first kappa shape index (κ1) is 26.3. The summed E-state index contributed by atoms with van der Waals surface area (Å²) >= 11 is 0. The van der Waals surface area contributed by atoms with Crippen molar-refractivity contribution in [2.75, 3.05) is 13.7 Å². The van der Waals surface area contributed by atoms with Gasteiger partial charge < -0.3 is 24.1 Å². The zero-order chi connectivity index (χ0) is 24.7. The first-order valence-electron chi connectivity index (χ1n) is 11.5. The van der Waals surface area contributed by atoms with Crippen LogP contribution in [0.5, 0.6) is 0 Å². The van der Waals surface area contributed by atoms with Crippen LogP contribution >= 0.6 is 0 Å². The summed E-state index contributed by atoms with van der Waals surface area (Å²) in [6, 6.07) is 29.1. The Balaban J connectivity index is 1.74. The van der Waals surface area contributed by atoms with E-state index in [1.807, 2.05) is 91.0 Å². The van der Waals surface area contributed by atoms with Crippen molar-refractivity contribution in [1.29, 1.82) is 0 Å². The van der Waals surface area contributed by atoms with Crippen LogP contribution in [0.25, 0.3) is 0 Å². The Labute approximate surface area is 206 Å². The molecule has 0 amide bonds. The number of rotatable bonds is 14. The summed E-state index contributed by atoms with van der Waals surface area (Å²) in [4.78, 5) is 11.8. The molecular formula is C29H32O6. The molecule has 0 fully saturated rings. The van der Waals surface area contributed by atoms with E-state index in [-0.39, 0.29) is 19.8 Å². The fourth-order valence-electron chi connectivity index (χ4n) is 3.43. The lowest BCUT2D eigenvalue weighted by Gasteiger charge is -2.29. The van der Waals surface area contributed by atoms with Gasteiger partial charge in [-0.1, -0.05) is 91.0 Å². The van der Waals surface area contributed by atoms with Gasteiger partial charge in [-0.15, -0.1) is 0 Å². The average Bonchev–Trinajstić information content (AvgIpc) is 2.91. The zero-order valence-corrected chi connectivity index (χ0v) is 19.9. The molecule has 6 heteroatoms. The van der Waals surface area contributed by atoms with Crippen LogP contribution in [0.2, 0.25) is 0 Å². The molecule has 0 aliphatic heterocycles. The van der Waals surface area contributed by atoms with Gasteiger partial charge in [-0.05, 0) is 22.8 Å². The number of carbonyl (C=O) groups excluding carboxylic acids is 1. The second-order valence-electron chi connectivity index (χ2n) is 7.97. The van der Waals surface area contributed by atoms with Crippen molar-refractivity contribution in [3.8, 4) is 0 Å². The smallest absolute Gasteiger partial charge is 0.330 e. The van der Waals surface area contributed by atoms with Crippen molar-refractivity contribution >= 4 is 5.97 Å². The Morgan fingerprint density at radius 2 is 1.26 bits per heavy atom. The van der Waals surface area contributed by atoms with Crippen LogP contribution in [-0.2, 0) is 43.6 Å². The number of benzene rings is 3. The molecule has 3 rings (SSSR count). The van der Waals surface area contributed by atoms with Crippen LogP contribution < -0.4 is 0 Å². The van der Waals surface area contributed by atoms with Crippen LogP contribution in [0, 0.1) is 0 Å². The van der Waals surface area contributed by atoms with E-state index in [0.717, 1.165) is 16.7 Å². The maximum absolute atomic E-state index is 11.8. The molecule has 0 spiro atoms. The zero-order valence-electron chi connectivity index (χ0n) is 19.9. The van der Waals surface area contributed by atoms with Crippen LogP contribution in [0.4, 0.5) is 0 Å².